The van der Waals surface area contributed by atoms with Gasteiger partial charge in [0.1, 0.15) is 17.4 Å². The molecule has 0 bridgehead atoms. The maximum Gasteiger partial charge on any atom is 0.407 e. The van der Waals surface area contributed by atoms with Gasteiger partial charge in [0.15, 0.2) is 0 Å². The fraction of sp³-hybridized carbons (Fsp3) is 0.292. The molecule has 0 unspecified atom stereocenters. The lowest BCUT2D eigenvalue weighted by Crippen LogP contribution is -2.27. The van der Waals surface area contributed by atoms with Crippen molar-refractivity contribution in [2.45, 2.75) is 32.4 Å². The lowest BCUT2D eigenvalue weighted by Gasteiger charge is -2.18. The Hall–Kier alpha value is -3.73. The van der Waals surface area contributed by atoms with Crippen molar-refractivity contribution in [3.63, 3.8) is 0 Å². The number of hydrogen-bond donors (Lipinski definition) is 2. The van der Waals surface area contributed by atoms with Crippen LogP contribution < -0.4 is 4.74 Å². The maximum absolute atomic E-state index is 15.4. The molecule has 182 valence electrons. The summed E-state index contributed by atoms with van der Waals surface area (Å²) in [6.45, 7) is 4.22. The summed E-state index contributed by atoms with van der Waals surface area (Å²) in [4.78, 5) is 17.0. The number of hydrogen-bond acceptors (Lipinski definition) is 6. The molecule has 4 aromatic rings. The number of halogens is 2. The summed E-state index contributed by atoms with van der Waals surface area (Å²) in [5, 5.41) is 26.5. The zero-order valence-corrected chi connectivity index (χ0v) is 19.7. The first-order valence-electron chi connectivity index (χ1n) is 11.0. The SMILES string of the molecule is CC(C)Oc1cc(F)cc(F)c1-c1c(-c2cnn([C@H]3CCN(C(=O)O)C3)c2)nc(O)c2ccsc12. The van der Waals surface area contributed by atoms with Gasteiger partial charge >= 0.3 is 6.09 Å². The number of pyridine rings is 1. The van der Waals surface area contributed by atoms with Gasteiger partial charge < -0.3 is 19.8 Å². The van der Waals surface area contributed by atoms with Crippen LogP contribution in [-0.4, -0.2) is 55.2 Å². The lowest BCUT2D eigenvalue weighted by molar-refractivity contribution is 0.154. The van der Waals surface area contributed by atoms with Gasteiger partial charge in [-0.3, -0.25) is 4.68 Å². The van der Waals surface area contributed by atoms with Gasteiger partial charge in [0.25, 0.3) is 0 Å². The molecular formula is C24H22F2N4O4S. The Morgan fingerprint density at radius 3 is 2.80 bits per heavy atom. The van der Waals surface area contributed by atoms with Gasteiger partial charge in [-0.05, 0) is 31.7 Å². The molecule has 1 amide bonds. The average Bonchev–Trinajstić information content (AvgIpc) is 3.54. The van der Waals surface area contributed by atoms with Crippen molar-refractivity contribution in [2.24, 2.45) is 0 Å². The van der Waals surface area contributed by atoms with Crippen molar-refractivity contribution >= 4 is 27.5 Å². The predicted octanol–water partition coefficient (Wildman–Crippen LogP) is 5.52. The van der Waals surface area contributed by atoms with Crippen molar-refractivity contribution < 1.29 is 28.5 Å². The van der Waals surface area contributed by atoms with Crippen LogP contribution in [0.5, 0.6) is 11.6 Å². The molecule has 3 aromatic heterocycles. The number of thiophene rings is 1. The summed E-state index contributed by atoms with van der Waals surface area (Å²) in [6, 6.07) is 3.45. The van der Waals surface area contributed by atoms with E-state index in [4.69, 9.17) is 4.74 Å². The quantitative estimate of drug-likeness (QED) is 0.374. The Labute approximate surface area is 203 Å². The minimum absolute atomic E-state index is 0.0289. The van der Waals surface area contributed by atoms with E-state index >= 15 is 4.39 Å². The largest absolute Gasteiger partial charge is 0.493 e. The molecule has 1 aromatic carbocycles. The molecule has 1 aliphatic rings. The zero-order chi connectivity index (χ0) is 24.9. The highest BCUT2D eigenvalue weighted by Crippen LogP contribution is 2.47. The topological polar surface area (TPSA) is 101 Å². The van der Waals surface area contributed by atoms with Crippen LogP contribution in [0.4, 0.5) is 13.6 Å². The van der Waals surface area contributed by atoms with Gasteiger partial charge in [0, 0.05) is 47.2 Å². The molecule has 11 heteroatoms. The third kappa shape index (κ3) is 4.16. The van der Waals surface area contributed by atoms with Crippen LogP contribution in [0, 0.1) is 11.6 Å². The molecular weight excluding hydrogens is 478 g/mol. The number of carbonyl (C=O) groups is 1. The summed E-state index contributed by atoms with van der Waals surface area (Å²) < 4.78 is 37.5. The molecule has 4 heterocycles. The molecule has 0 saturated carbocycles. The highest BCUT2D eigenvalue weighted by molar-refractivity contribution is 7.17. The average molecular weight is 501 g/mol. The smallest absolute Gasteiger partial charge is 0.407 e. The van der Waals surface area contributed by atoms with E-state index in [0.717, 1.165) is 12.1 Å². The lowest BCUT2D eigenvalue weighted by atomic mass is 9.98. The number of nitrogens with zero attached hydrogens (tertiary/aromatic N) is 4. The van der Waals surface area contributed by atoms with Gasteiger partial charge in [-0.25, -0.2) is 18.6 Å². The van der Waals surface area contributed by atoms with Gasteiger partial charge in [-0.2, -0.15) is 5.10 Å². The van der Waals surface area contributed by atoms with Gasteiger partial charge in [0.05, 0.1) is 35.0 Å². The maximum atomic E-state index is 15.4. The standard InChI is InChI=1S/C24H22F2N4O4S/c1-12(2)34-18-8-14(25)7-17(26)19(18)20-21(28-23(31)16-4-6-35-22(16)20)13-9-27-30(10-13)15-3-5-29(11-15)24(32)33/h4,6-10,12,15H,3,5,11H2,1-2H3,(H,28,31)(H,32,33)/t15-/m0/s1. The molecule has 0 radical (unpaired) electrons. The monoisotopic (exact) mass is 500 g/mol. The third-order valence-electron chi connectivity index (χ3n) is 5.90. The molecule has 5 rings (SSSR count). The molecule has 1 aliphatic heterocycles. The van der Waals surface area contributed by atoms with Gasteiger partial charge in [-0.1, -0.05) is 0 Å². The number of fused-ring (bicyclic) bond motifs is 1. The number of rotatable bonds is 5. The molecule has 8 nitrogen and oxygen atoms in total. The summed E-state index contributed by atoms with van der Waals surface area (Å²) in [5.74, 6) is -1.78. The Bertz CT molecular complexity index is 1430. The first kappa shape index (κ1) is 23.0. The van der Waals surface area contributed by atoms with E-state index in [0.29, 0.717) is 40.7 Å². The van der Waals surface area contributed by atoms with Crippen LogP contribution in [0.25, 0.3) is 32.5 Å². The van der Waals surface area contributed by atoms with Crippen molar-refractivity contribution in [3.8, 4) is 34.0 Å². The van der Waals surface area contributed by atoms with Crippen molar-refractivity contribution in [1.82, 2.24) is 19.7 Å². The molecule has 0 spiro atoms. The van der Waals surface area contributed by atoms with E-state index in [9.17, 15) is 19.4 Å². The van der Waals surface area contributed by atoms with E-state index in [1.807, 2.05) is 0 Å². The number of amides is 1. The number of aromatic hydroxyl groups is 1. The Kier molecular flexibility index (Phi) is 5.79. The minimum atomic E-state index is -0.985. The van der Waals surface area contributed by atoms with Crippen LogP contribution in [0.2, 0.25) is 0 Å². The van der Waals surface area contributed by atoms with Crippen LogP contribution in [-0.2, 0) is 0 Å². The predicted molar refractivity (Wildman–Crippen MR) is 127 cm³/mol. The fourth-order valence-electron chi connectivity index (χ4n) is 4.38. The Morgan fingerprint density at radius 2 is 2.09 bits per heavy atom. The van der Waals surface area contributed by atoms with E-state index in [1.165, 1.54) is 16.2 Å². The van der Waals surface area contributed by atoms with Crippen molar-refractivity contribution in [2.75, 3.05) is 13.1 Å². The summed E-state index contributed by atoms with van der Waals surface area (Å²) in [6.07, 6.45) is 2.51. The van der Waals surface area contributed by atoms with Gasteiger partial charge in [-0.15, -0.1) is 11.3 Å². The molecule has 1 saturated heterocycles. The number of aromatic nitrogens is 3. The second kappa shape index (κ2) is 8.81. The zero-order valence-electron chi connectivity index (χ0n) is 18.9. The number of benzene rings is 1. The summed E-state index contributed by atoms with van der Waals surface area (Å²) >= 11 is 1.29. The minimum Gasteiger partial charge on any atom is -0.493 e. The van der Waals surface area contributed by atoms with Crippen LogP contribution in [0.1, 0.15) is 26.3 Å². The Balaban J connectivity index is 1.69. The first-order chi connectivity index (χ1) is 16.7. The third-order valence-corrected chi connectivity index (χ3v) is 6.83. The summed E-state index contributed by atoms with van der Waals surface area (Å²) in [7, 11) is 0. The van der Waals surface area contributed by atoms with E-state index in [1.54, 1.807) is 42.4 Å². The fourth-order valence-corrected chi connectivity index (χ4v) is 5.32. The van der Waals surface area contributed by atoms with Crippen molar-refractivity contribution in [1.29, 1.82) is 0 Å². The van der Waals surface area contributed by atoms with Crippen LogP contribution in [0.15, 0.2) is 36.0 Å². The molecule has 1 fully saturated rings. The first-order valence-corrected chi connectivity index (χ1v) is 11.9. The number of carboxylic acid groups (broad SMARTS) is 1. The second-order valence-electron chi connectivity index (χ2n) is 8.63. The van der Waals surface area contributed by atoms with E-state index in [2.05, 4.69) is 10.1 Å². The van der Waals surface area contributed by atoms with Gasteiger partial charge in [0.2, 0.25) is 5.88 Å². The molecule has 0 aliphatic carbocycles. The van der Waals surface area contributed by atoms with Crippen LogP contribution >= 0.6 is 11.3 Å². The van der Waals surface area contributed by atoms with E-state index < -0.39 is 17.7 Å². The summed E-state index contributed by atoms with van der Waals surface area (Å²) in [5.41, 5.74) is 1.16. The Morgan fingerprint density at radius 1 is 1.29 bits per heavy atom. The molecule has 35 heavy (non-hydrogen) atoms. The number of likely N-dealkylation sites (tertiary alicyclic amines) is 1. The highest BCUT2D eigenvalue weighted by Gasteiger charge is 2.29. The number of ether oxygens (including phenoxy) is 1. The second-order valence-corrected chi connectivity index (χ2v) is 9.55. The van der Waals surface area contributed by atoms with E-state index in [-0.39, 0.29) is 35.0 Å². The normalized spacial score (nSPS) is 15.9. The van der Waals surface area contributed by atoms with Crippen molar-refractivity contribution in [3.05, 3.63) is 47.6 Å². The highest BCUT2D eigenvalue weighted by atomic mass is 32.1. The molecule has 2 N–H and O–H groups in total. The molecule has 1 atom stereocenters. The van der Waals surface area contributed by atoms with Crippen LogP contribution in [0.3, 0.4) is 0 Å².